The van der Waals surface area contributed by atoms with Gasteiger partial charge in [-0.1, -0.05) is 6.42 Å². The first-order valence-corrected chi connectivity index (χ1v) is 8.90. The fourth-order valence-electron chi connectivity index (χ4n) is 1.97. The molecule has 0 aromatic carbocycles. The molecule has 0 aliphatic carbocycles. The lowest BCUT2D eigenvalue weighted by molar-refractivity contribution is -0.417. The first-order valence-electron chi connectivity index (χ1n) is 7.50. The van der Waals surface area contributed by atoms with Crippen LogP contribution in [0.1, 0.15) is 32.1 Å². The summed E-state index contributed by atoms with van der Waals surface area (Å²) in [5.41, 5.74) is 0. The zero-order valence-corrected chi connectivity index (χ0v) is 16.2. The number of halogens is 15. The van der Waals surface area contributed by atoms with Gasteiger partial charge in [0, 0.05) is 12.8 Å². The van der Waals surface area contributed by atoms with Crippen molar-refractivity contribution in [2.75, 3.05) is 0 Å². The molecule has 0 fully saturated rings. The van der Waals surface area contributed by atoms with Gasteiger partial charge < -0.3 is 10.7 Å². The molecule has 20 heteroatoms. The van der Waals surface area contributed by atoms with Crippen LogP contribution in [-0.4, -0.2) is 54.0 Å². The maximum Gasteiger partial charge on any atom is 0.402 e. The summed E-state index contributed by atoms with van der Waals surface area (Å²) in [7, 11) is -7.89. The molecule has 0 aromatic rings. The molecule has 32 heavy (non-hydrogen) atoms. The monoisotopic (exact) mass is 537 g/mol. The van der Waals surface area contributed by atoms with Gasteiger partial charge in [0.1, 0.15) is 0 Å². The molecule has 0 rings (SSSR count). The van der Waals surface area contributed by atoms with Gasteiger partial charge in [0.15, 0.2) is 10.1 Å². The Kier molecular flexibility index (Phi) is 9.51. The van der Waals surface area contributed by atoms with Crippen LogP contribution in [-0.2, 0) is 10.1 Å². The van der Waals surface area contributed by atoms with Crippen LogP contribution in [0, 0.1) is 0 Å². The van der Waals surface area contributed by atoms with Crippen LogP contribution in [0.5, 0.6) is 0 Å². The van der Waals surface area contributed by atoms with Gasteiger partial charge in [-0.15, -0.1) is 0 Å². The Morgan fingerprint density at radius 1 is 0.531 bits per heavy atom. The van der Waals surface area contributed by atoms with E-state index in [1.165, 1.54) is 0 Å². The van der Waals surface area contributed by atoms with E-state index in [0.717, 1.165) is 0 Å². The molecule has 0 saturated heterocycles. The average molecular weight is 537 g/mol. The molecule has 0 bridgehead atoms. The predicted octanol–water partition coefficient (Wildman–Crippen LogP) is 6.19. The first-order chi connectivity index (χ1) is 13.2. The number of alkyl halides is 15. The van der Waals surface area contributed by atoms with Gasteiger partial charge in [-0.05, 0) is 12.8 Å². The molecular weight excluding hydrogens is 523 g/mol. The van der Waals surface area contributed by atoms with Crippen LogP contribution in [0.2, 0.25) is 0 Å². The lowest BCUT2D eigenvalue weighted by Gasteiger charge is -2.41. The van der Waals surface area contributed by atoms with E-state index in [1.54, 1.807) is 0 Å². The lowest BCUT2D eigenvalue weighted by atomic mass is 9.91. The fraction of sp³-hybridized carbons (Fsp3) is 1.00. The number of hydrogen-bond acceptors (Lipinski definition) is 3. The third kappa shape index (κ3) is 5.65. The zero-order chi connectivity index (χ0) is 25.5. The van der Waals surface area contributed by atoms with Gasteiger partial charge in [-0.3, -0.25) is 0 Å². The molecule has 0 radical (unpaired) electrons. The number of unbranched alkanes of at least 4 members (excludes halogenated alkanes) is 2. The zero-order valence-electron chi connectivity index (χ0n) is 15.3. The van der Waals surface area contributed by atoms with E-state index < -0.39 is 83.3 Å². The summed E-state index contributed by atoms with van der Waals surface area (Å²) in [6.45, 7) is 0. The minimum absolute atomic E-state index is 0. The van der Waals surface area contributed by atoms with Crippen molar-refractivity contribution in [2.24, 2.45) is 0 Å². The summed E-state index contributed by atoms with van der Waals surface area (Å²) < 4.78 is 224. The highest BCUT2D eigenvalue weighted by Gasteiger charge is 2.90. The summed E-state index contributed by atoms with van der Waals surface area (Å²) in [5, 5.41) is -7.63. The van der Waals surface area contributed by atoms with Crippen LogP contribution in [0.4, 0.5) is 65.9 Å². The SMILES string of the molecule is O=S(=O)([O-])C(F)(F)C(F)(F)C(F)(F)C(F)(F)C(F)(F)C(F)(F)CCCCCC(F)(F)F.[NH4+]. The number of rotatable bonds is 11. The second-order valence-electron chi connectivity index (χ2n) is 6.15. The fourth-order valence-corrected chi connectivity index (χ4v) is 2.41. The van der Waals surface area contributed by atoms with Crippen molar-refractivity contribution in [2.45, 2.75) is 73.1 Å². The third-order valence-electron chi connectivity index (χ3n) is 3.77. The van der Waals surface area contributed by atoms with Crippen molar-refractivity contribution in [3.8, 4) is 0 Å². The van der Waals surface area contributed by atoms with E-state index in [4.69, 9.17) is 0 Å². The van der Waals surface area contributed by atoms with Gasteiger partial charge in [-0.25, -0.2) is 8.42 Å². The van der Waals surface area contributed by atoms with Gasteiger partial charge in [-0.2, -0.15) is 65.9 Å². The first kappa shape index (κ1) is 33.0. The van der Waals surface area contributed by atoms with Crippen molar-refractivity contribution in [1.29, 1.82) is 0 Å². The normalized spacial score (nSPS) is 15.5. The Hall–Kier alpha value is -1.18. The Bertz CT molecular complexity index is 732. The maximum atomic E-state index is 13.4. The standard InChI is InChI=1S/C12H11F15O3S.H3N/c13-6(14,4-2-1-3-5-7(15,16)17)8(18,19)9(20,21)10(22,23)11(24,25)12(26,27)31(28,29)30;/h1-5H2,(H,28,29,30);1H3. The summed E-state index contributed by atoms with van der Waals surface area (Å²) in [4.78, 5) is 0. The smallest absolute Gasteiger partial charge is 0.402 e. The largest absolute Gasteiger partial charge is 0.743 e. The third-order valence-corrected chi connectivity index (χ3v) is 4.66. The van der Waals surface area contributed by atoms with E-state index >= 15 is 0 Å². The van der Waals surface area contributed by atoms with E-state index in [9.17, 15) is 78.8 Å². The van der Waals surface area contributed by atoms with E-state index in [0.29, 0.717) is 0 Å². The van der Waals surface area contributed by atoms with Crippen molar-refractivity contribution in [3.63, 3.8) is 0 Å². The summed E-state index contributed by atoms with van der Waals surface area (Å²) in [5.74, 6) is -38.3. The molecule has 0 spiro atoms. The van der Waals surface area contributed by atoms with Crippen LogP contribution < -0.4 is 6.15 Å². The molecule has 0 aromatic heterocycles. The molecule has 4 N–H and O–H groups in total. The van der Waals surface area contributed by atoms with Crippen molar-refractivity contribution >= 4 is 10.1 Å². The minimum Gasteiger partial charge on any atom is -0.743 e. The molecular formula is C12H14F15NO3S. The van der Waals surface area contributed by atoms with Crippen LogP contribution >= 0.6 is 0 Å². The second kappa shape index (κ2) is 9.22. The van der Waals surface area contributed by atoms with Crippen LogP contribution in [0.15, 0.2) is 0 Å². The molecule has 0 heterocycles. The van der Waals surface area contributed by atoms with E-state index in [2.05, 4.69) is 0 Å². The highest BCUT2D eigenvalue weighted by Crippen LogP contribution is 2.61. The highest BCUT2D eigenvalue weighted by atomic mass is 32.2. The van der Waals surface area contributed by atoms with Crippen LogP contribution in [0.3, 0.4) is 0 Å². The van der Waals surface area contributed by atoms with E-state index in [-0.39, 0.29) is 6.15 Å². The molecule has 0 unspecified atom stereocenters. The Labute approximate surface area is 169 Å². The Morgan fingerprint density at radius 2 is 0.875 bits per heavy atom. The van der Waals surface area contributed by atoms with Crippen molar-refractivity contribution in [1.82, 2.24) is 6.15 Å². The lowest BCUT2D eigenvalue weighted by Crippen LogP contribution is -2.71. The molecule has 0 aliphatic rings. The molecule has 0 amide bonds. The van der Waals surface area contributed by atoms with Gasteiger partial charge in [0.05, 0.1) is 0 Å². The minimum atomic E-state index is -8.22. The molecule has 4 nitrogen and oxygen atoms in total. The summed E-state index contributed by atoms with van der Waals surface area (Å²) in [6, 6.07) is 0. The Morgan fingerprint density at radius 3 is 1.22 bits per heavy atom. The average Bonchev–Trinajstić information content (AvgIpc) is 2.51. The second-order valence-corrected chi connectivity index (χ2v) is 7.57. The molecule has 0 aliphatic heterocycles. The maximum absolute atomic E-state index is 13.4. The predicted molar refractivity (Wildman–Crippen MR) is 74.5 cm³/mol. The highest BCUT2D eigenvalue weighted by molar-refractivity contribution is 7.86. The van der Waals surface area contributed by atoms with Crippen molar-refractivity contribution in [3.05, 3.63) is 0 Å². The van der Waals surface area contributed by atoms with Gasteiger partial charge >= 0.3 is 41.0 Å². The topological polar surface area (TPSA) is 93.7 Å². The van der Waals surface area contributed by atoms with Crippen LogP contribution in [0.25, 0.3) is 0 Å². The summed E-state index contributed by atoms with van der Waals surface area (Å²) in [6.07, 6.45) is -12.4. The molecule has 0 atom stereocenters. The van der Waals surface area contributed by atoms with Gasteiger partial charge in [0.2, 0.25) is 0 Å². The quantitative estimate of drug-likeness (QED) is 0.194. The molecule has 0 saturated carbocycles. The molecule has 196 valence electrons. The van der Waals surface area contributed by atoms with Crippen molar-refractivity contribution < 1.29 is 78.8 Å². The summed E-state index contributed by atoms with van der Waals surface area (Å²) >= 11 is 0. The van der Waals surface area contributed by atoms with Gasteiger partial charge in [0.25, 0.3) is 0 Å². The number of hydrogen-bond donors (Lipinski definition) is 1. The number of quaternary nitrogens is 1. The van der Waals surface area contributed by atoms with E-state index in [1.807, 2.05) is 0 Å². The Balaban J connectivity index is 0.